The van der Waals surface area contributed by atoms with Crippen molar-refractivity contribution in [3.8, 4) is 10.6 Å². The molecule has 0 saturated carbocycles. The van der Waals surface area contributed by atoms with Gasteiger partial charge in [0.2, 0.25) is 0 Å². The lowest BCUT2D eigenvalue weighted by Gasteiger charge is -2.31. The lowest BCUT2D eigenvalue weighted by Crippen LogP contribution is -2.45. The molecule has 0 N–H and O–H groups in total. The average molecular weight is 395 g/mol. The minimum absolute atomic E-state index is 0.150. The lowest BCUT2D eigenvalue weighted by atomic mass is 10.1. The van der Waals surface area contributed by atoms with E-state index in [9.17, 15) is 4.79 Å². The maximum atomic E-state index is 12.6. The molecule has 2 saturated heterocycles. The van der Waals surface area contributed by atoms with Crippen LogP contribution in [0.15, 0.2) is 24.4 Å². The fourth-order valence-electron chi connectivity index (χ4n) is 4.00. The second-order valence-corrected chi connectivity index (χ2v) is 8.73. The van der Waals surface area contributed by atoms with Crippen LogP contribution in [0.1, 0.15) is 23.7 Å². The molecular formula is C20H21N5O2S. The molecule has 7 nitrogen and oxygen atoms in total. The first-order chi connectivity index (χ1) is 13.6. The zero-order chi connectivity index (χ0) is 19.1. The van der Waals surface area contributed by atoms with Gasteiger partial charge in [-0.3, -0.25) is 9.69 Å². The second kappa shape index (κ2) is 7.27. The lowest BCUT2D eigenvalue weighted by molar-refractivity contribution is -0.122. The maximum absolute atomic E-state index is 12.6. The van der Waals surface area contributed by atoms with E-state index in [4.69, 9.17) is 4.74 Å². The van der Waals surface area contributed by atoms with Crippen molar-refractivity contribution in [1.82, 2.24) is 25.1 Å². The van der Waals surface area contributed by atoms with Crippen molar-refractivity contribution >= 4 is 28.0 Å². The van der Waals surface area contributed by atoms with Crippen LogP contribution in [-0.4, -0.2) is 62.7 Å². The molecule has 28 heavy (non-hydrogen) atoms. The van der Waals surface area contributed by atoms with Gasteiger partial charge < -0.3 is 4.74 Å². The first-order valence-electron chi connectivity index (χ1n) is 9.58. The Kier molecular flexibility index (Phi) is 4.62. The van der Waals surface area contributed by atoms with E-state index in [0.717, 1.165) is 52.4 Å². The Morgan fingerprint density at radius 3 is 2.82 bits per heavy atom. The highest BCUT2D eigenvalue weighted by Crippen LogP contribution is 2.27. The highest BCUT2D eigenvalue weighted by atomic mass is 32.1. The average Bonchev–Trinajstić information content (AvgIpc) is 3.26. The normalized spacial score (nSPS) is 22.0. The number of aryl methyl sites for hydroxylation is 1. The van der Waals surface area contributed by atoms with E-state index in [1.54, 1.807) is 17.5 Å². The number of carbonyl (C=O) groups is 1. The molecule has 0 aliphatic carbocycles. The summed E-state index contributed by atoms with van der Waals surface area (Å²) in [5.74, 6) is 0.718. The van der Waals surface area contributed by atoms with Crippen molar-refractivity contribution in [1.29, 1.82) is 0 Å². The van der Waals surface area contributed by atoms with Crippen LogP contribution < -0.4 is 0 Å². The molecule has 144 valence electrons. The van der Waals surface area contributed by atoms with Gasteiger partial charge in [-0.05, 0) is 25.8 Å². The van der Waals surface area contributed by atoms with Gasteiger partial charge in [0.05, 0.1) is 30.7 Å². The van der Waals surface area contributed by atoms with Crippen LogP contribution in [0.4, 0.5) is 0 Å². The van der Waals surface area contributed by atoms with Crippen LogP contribution in [0.3, 0.4) is 0 Å². The Morgan fingerprint density at radius 1 is 1.25 bits per heavy atom. The monoisotopic (exact) mass is 395 g/mol. The molecule has 2 aliphatic heterocycles. The van der Waals surface area contributed by atoms with Gasteiger partial charge in [-0.2, -0.15) is 0 Å². The second-order valence-electron chi connectivity index (χ2n) is 7.55. The van der Waals surface area contributed by atoms with E-state index in [2.05, 4.69) is 25.1 Å². The SMILES string of the molecule is Cc1nnc(-c2ccc3cnc(CC(=O)CN4CC5CCC(C4)O5)nc3c2)s1. The predicted octanol–water partition coefficient (Wildman–Crippen LogP) is 2.43. The third kappa shape index (κ3) is 3.67. The Balaban J connectivity index is 1.30. The number of Topliss-reactive ketones (excluding diaryl/α,β-unsaturated/α-hetero) is 1. The summed E-state index contributed by atoms with van der Waals surface area (Å²) in [7, 11) is 0. The van der Waals surface area contributed by atoms with Gasteiger partial charge in [0.1, 0.15) is 15.8 Å². The molecule has 1 aromatic carbocycles. The Labute approximate surface area is 166 Å². The van der Waals surface area contributed by atoms with Crippen LogP contribution in [0.5, 0.6) is 0 Å². The summed E-state index contributed by atoms with van der Waals surface area (Å²) in [4.78, 5) is 23.8. The molecular weight excluding hydrogens is 374 g/mol. The van der Waals surface area contributed by atoms with Crippen LogP contribution in [0.2, 0.25) is 0 Å². The molecule has 0 spiro atoms. The molecule has 4 heterocycles. The van der Waals surface area contributed by atoms with Crippen molar-refractivity contribution < 1.29 is 9.53 Å². The highest BCUT2D eigenvalue weighted by Gasteiger charge is 2.34. The number of benzene rings is 1. The van der Waals surface area contributed by atoms with Crippen molar-refractivity contribution in [3.63, 3.8) is 0 Å². The fourth-order valence-corrected chi connectivity index (χ4v) is 4.69. The Hall–Kier alpha value is -2.29. The number of fused-ring (bicyclic) bond motifs is 3. The summed E-state index contributed by atoms with van der Waals surface area (Å²) >= 11 is 1.55. The van der Waals surface area contributed by atoms with Gasteiger partial charge in [0.25, 0.3) is 0 Å². The minimum atomic E-state index is 0.150. The number of aromatic nitrogens is 4. The number of hydrogen-bond acceptors (Lipinski definition) is 8. The maximum Gasteiger partial charge on any atom is 0.154 e. The van der Waals surface area contributed by atoms with Crippen molar-refractivity contribution in [2.24, 2.45) is 0 Å². The Bertz CT molecular complexity index is 1020. The van der Waals surface area contributed by atoms with E-state index in [0.29, 0.717) is 24.6 Å². The highest BCUT2D eigenvalue weighted by molar-refractivity contribution is 7.14. The summed E-state index contributed by atoms with van der Waals surface area (Å²) in [5.41, 5.74) is 1.81. The molecule has 2 unspecified atom stereocenters. The van der Waals surface area contributed by atoms with E-state index >= 15 is 0 Å². The van der Waals surface area contributed by atoms with Crippen molar-refractivity contribution in [2.45, 2.75) is 38.4 Å². The first kappa shape index (κ1) is 17.8. The number of carbonyl (C=O) groups excluding carboxylic acids is 1. The zero-order valence-electron chi connectivity index (χ0n) is 15.7. The third-order valence-electron chi connectivity index (χ3n) is 5.28. The smallest absolute Gasteiger partial charge is 0.154 e. The molecule has 5 rings (SSSR count). The summed E-state index contributed by atoms with van der Waals surface area (Å²) in [6.07, 6.45) is 4.86. The number of hydrogen-bond donors (Lipinski definition) is 0. The van der Waals surface area contributed by atoms with Crippen molar-refractivity contribution in [3.05, 3.63) is 35.2 Å². The number of likely N-dealkylation sites (tertiary alicyclic amines) is 1. The first-order valence-corrected chi connectivity index (χ1v) is 10.4. The van der Waals surface area contributed by atoms with E-state index in [-0.39, 0.29) is 12.2 Å². The quantitative estimate of drug-likeness (QED) is 0.656. The summed E-state index contributed by atoms with van der Waals surface area (Å²) in [5, 5.41) is 11.0. The summed E-state index contributed by atoms with van der Waals surface area (Å²) < 4.78 is 5.84. The van der Waals surface area contributed by atoms with Crippen molar-refractivity contribution in [2.75, 3.05) is 19.6 Å². The molecule has 0 radical (unpaired) electrons. The van der Waals surface area contributed by atoms with Crippen LogP contribution in [0.25, 0.3) is 21.5 Å². The molecule has 3 aromatic rings. The number of morpholine rings is 1. The minimum Gasteiger partial charge on any atom is -0.372 e. The van der Waals surface area contributed by atoms with Crippen LogP contribution >= 0.6 is 11.3 Å². The molecule has 2 aromatic heterocycles. The van der Waals surface area contributed by atoms with Gasteiger partial charge in [-0.1, -0.05) is 23.5 Å². The van der Waals surface area contributed by atoms with E-state index in [1.165, 1.54) is 0 Å². The third-order valence-corrected chi connectivity index (χ3v) is 6.17. The number of nitrogens with zero attached hydrogens (tertiary/aromatic N) is 5. The molecule has 0 amide bonds. The predicted molar refractivity (Wildman–Crippen MR) is 106 cm³/mol. The van der Waals surface area contributed by atoms with Crippen LogP contribution in [0, 0.1) is 6.92 Å². The summed E-state index contributed by atoms with van der Waals surface area (Å²) in [6.45, 7) is 4.09. The van der Waals surface area contributed by atoms with Gasteiger partial charge >= 0.3 is 0 Å². The molecule has 2 bridgehead atoms. The van der Waals surface area contributed by atoms with E-state index < -0.39 is 0 Å². The molecule has 2 aliphatic rings. The molecule has 8 heteroatoms. The molecule has 2 atom stereocenters. The molecule has 2 fully saturated rings. The zero-order valence-corrected chi connectivity index (χ0v) is 16.5. The van der Waals surface area contributed by atoms with Crippen LogP contribution in [-0.2, 0) is 16.0 Å². The fraction of sp³-hybridized carbons (Fsp3) is 0.450. The van der Waals surface area contributed by atoms with Gasteiger partial charge in [0.15, 0.2) is 5.78 Å². The van der Waals surface area contributed by atoms with Gasteiger partial charge in [0, 0.05) is 30.2 Å². The summed E-state index contributed by atoms with van der Waals surface area (Å²) in [6, 6.07) is 5.98. The number of rotatable bonds is 5. The Morgan fingerprint density at radius 2 is 2.07 bits per heavy atom. The number of ketones is 1. The topological polar surface area (TPSA) is 81.1 Å². The van der Waals surface area contributed by atoms with Gasteiger partial charge in [-0.25, -0.2) is 9.97 Å². The largest absolute Gasteiger partial charge is 0.372 e. The number of ether oxygens (including phenoxy) is 1. The standard InChI is InChI=1S/C20H21N5O2S/c1-12-23-24-20(28-12)13-2-3-14-8-21-19(22-18(14)6-13)7-15(26)9-25-10-16-4-5-17(11-25)27-16/h2-3,6,8,16-17H,4-5,7,9-11H2,1H3. The van der Waals surface area contributed by atoms with Gasteiger partial charge in [-0.15, -0.1) is 10.2 Å². The van der Waals surface area contributed by atoms with E-state index in [1.807, 2.05) is 25.1 Å².